The van der Waals surface area contributed by atoms with Crippen LogP contribution in [0.2, 0.25) is 0 Å². The first-order valence-electron chi connectivity index (χ1n) is 5.66. The number of hydrogen-bond acceptors (Lipinski definition) is 4. The van der Waals surface area contributed by atoms with Crippen LogP contribution in [-0.4, -0.2) is 13.4 Å². The highest BCUT2D eigenvalue weighted by molar-refractivity contribution is 7.92. The van der Waals surface area contributed by atoms with Crippen molar-refractivity contribution in [1.29, 1.82) is 0 Å². The van der Waals surface area contributed by atoms with Gasteiger partial charge in [-0.15, -0.1) is 0 Å². The Hall–Kier alpha value is -2.13. The van der Waals surface area contributed by atoms with Crippen molar-refractivity contribution in [3.8, 4) is 0 Å². The van der Waals surface area contributed by atoms with Gasteiger partial charge in [-0.05, 0) is 11.6 Å². The van der Waals surface area contributed by atoms with Gasteiger partial charge in [-0.3, -0.25) is 4.72 Å². The lowest BCUT2D eigenvalue weighted by atomic mass is 10.3. The molecule has 1 aromatic heterocycles. The van der Waals surface area contributed by atoms with Crippen LogP contribution in [0.1, 0.15) is 5.56 Å². The minimum Gasteiger partial charge on any atom is -0.326 e. The monoisotopic (exact) mass is 317 g/mol. The summed E-state index contributed by atoms with van der Waals surface area (Å²) in [7, 11) is -4.57. The molecule has 21 heavy (non-hydrogen) atoms. The average molecular weight is 317 g/mol. The predicted molar refractivity (Wildman–Crippen MR) is 69.3 cm³/mol. The number of benzene rings is 1. The van der Waals surface area contributed by atoms with Gasteiger partial charge in [0.15, 0.2) is 4.90 Å². The van der Waals surface area contributed by atoms with E-state index in [9.17, 15) is 21.6 Å². The number of aromatic nitrogens is 1. The summed E-state index contributed by atoms with van der Waals surface area (Å²) < 4.78 is 65.5. The van der Waals surface area contributed by atoms with Crippen molar-refractivity contribution in [3.63, 3.8) is 0 Å². The van der Waals surface area contributed by atoms with Crippen LogP contribution in [0, 0.1) is 17.5 Å². The predicted octanol–water partition coefficient (Wildman–Crippen LogP) is 1.76. The highest BCUT2D eigenvalue weighted by atomic mass is 32.2. The first-order chi connectivity index (χ1) is 9.83. The number of halogens is 3. The number of nitrogens with one attached hydrogen (secondary N) is 1. The summed E-state index contributed by atoms with van der Waals surface area (Å²) in [5, 5.41) is 0. The summed E-state index contributed by atoms with van der Waals surface area (Å²) in [5.41, 5.74) is 6.01. The molecule has 0 saturated heterocycles. The molecule has 2 aromatic rings. The lowest BCUT2D eigenvalue weighted by Gasteiger charge is -2.09. The molecule has 9 heteroatoms. The maximum Gasteiger partial charge on any atom is 0.268 e. The Morgan fingerprint density at radius 2 is 1.76 bits per heavy atom. The van der Waals surface area contributed by atoms with Gasteiger partial charge in [0.2, 0.25) is 0 Å². The first kappa shape index (κ1) is 15.3. The van der Waals surface area contributed by atoms with Gasteiger partial charge in [0.25, 0.3) is 10.0 Å². The van der Waals surface area contributed by atoms with Gasteiger partial charge in [-0.2, -0.15) is 0 Å². The van der Waals surface area contributed by atoms with E-state index in [1.54, 1.807) is 0 Å². The summed E-state index contributed by atoms with van der Waals surface area (Å²) >= 11 is 0. The van der Waals surface area contributed by atoms with Gasteiger partial charge in [0, 0.05) is 24.9 Å². The van der Waals surface area contributed by atoms with Crippen LogP contribution < -0.4 is 10.5 Å². The highest BCUT2D eigenvalue weighted by Crippen LogP contribution is 2.22. The molecule has 0 aliphatic rings. The molecule has 2 rings (SSSR count). The molecule has 1 aromatic carbocycles. The van der Waals surface area contributed by atoms with E-state index in [2.05, 4.69) is 4.98 Å². The number of hydrogen-bond donors (Lipinski definition) is 2. The minimum atomic E-state index is -4.57. The maximum absolute atomic E-state index is 13.5. The first-order valence-corrected chi connectivity index (χ1v) is 7.14. The molecule has 0 fully saturated rings. The summed E-state index contributed by atoms with van der Waals surface area (Å²) in [6.07, 6.45) is 1.31. The molecule has 0 saturated carbocycles. The zero-order valence-corrected chi connectivity index (χ0v) is 11.3. The Balaban J connectivity index is 2.38. The van der Waals surface area contributed by atoms with Gasteiger partial charge in [-0.1, -0.05) is 6.07 Å². The summed E-state index contributed by atoms with van der Waals surface area (Å²) in [6.45, 7) is 0.210. The van der Waals surface area contributed by atoms with Crippen molar-refractivity contribution < 1.29 is 21.6 Å². The Kier molecular flexibility index (Phi) is 4.14. The number of rotatable bonds is 4. The minimum absolute atomic E-state index is 0.143. The molecule has 0 amide bonds. The Bertz CT molecular complexity index is 741. The molecule has 0 aliphatic heterocycles. The summed E-state index contributed by atoms with van der Waals surface area (Å²) in [4.78, 5) is 2.48. The summed E-state index contributed by atoms with van der Waals surface area (Å²) in [5.74, 6) is -4.41. The molecule has 5 nitrogen and oxygen atoms in total. The number of nitrogens with two attached hydrogens (primary N) is 1. The van der Waals surface area contributed by atoms with Gasteiger partial charge in [0.05, 0.1) is 0 Å². The fraction of sp³-hybridized carbons (Fsp3) is 0.0833. The molecule has 0 spiro atoms. The second-order valence-electron chi connectivity index (χ2n) is 4.06. The van der Waals surface area contributed by atoms with Crippen molar-refractivity contribution in [2.45, 2.75) is 11.4 Å². The molecule has 0 atom stereocenters. The normalized spacial score (nSPS) is 11.4. The summed E-state index contributed by atoms with van der Waals surface area (Å²) in [6, 6.07) is 3.35. The third-order valence-corrected chi connectivity index (χ3v) is 3.94. The Morgan fingerprint density at radius 1 is 1.14 bits per heavy atom. The zero-order chi connectivity index (χ0) is 15.6. The van der Waals surface area contributed by atoms with E-state index >= 15 is 0 Å². The number of sulfonamides is 1. The standard InChI is InChI=1S/C12H10F3N3O2S/c13-8-3-9(14)12(10(15)4-8)21(19,20)18-11-2-1-7(5-16)6-17-11/h1-4,6H,5,16H2,(H,17,18). The Morgan fingerprint density at radius 3 is 2.24 bits per heavy atom. The van der Waals surface area contributed by atoms with Crippen LogP contribution in [0.3, 0.4) is 0 Å². The quantitative estimate of drug-likeness (QED) is 0.900. The third-order valence-electron chi connectivity index (χ3n) is 2.53. The molecule has 3 N–H and O–H groups in total. The van der Waals surface area contributed by atoms with Crippen molar-refractivity contribution in [3.05, 3.63) is 53.5 Å². The van der Waals surface area contributed by atoms with Crippen LogP contribution in [-0.2, 0) is 16.6 Å². The van der Waals surface area contributed by atoms with E-state index in [0.717, 1.165) is 0 Å². The van der Waals surface area contributed by atoms with Crippen LogP contribution in [0.4, 0.5) is 19.0 Å². The van der Waals surface area contributed by atoms with E-state index in [-0.39, 0.29) is 24.5 Å². The van der Waals surface area contributed by atoms with Crippen molar-refractivity contribution in [2.24, 2.45) is 5.73 Å². The van der Waals surface area contributed by atoms with Crippen LogP contribution in [0.25, 0.3) is 0 Å². The van der Waals surface area contributed by atoms with E-state index in [1.165, 1.54) is 18.3 Å². The largest absolute Gasteiger partial charge is 0.326 e. The molecule has 0 radical (unpaired) electrons. The lowest BCUT2D eigenvalue weighted by molar-refractivity contribution is 0.498. The van der Waals surface area contributed by atoms with Crippen molar-refractivity contribution >= 4 is 15.8 Å². The Labute approximate surface area is 118 Å². The molecule has 0 bridgehead atoms. The van der Waals surface area contributed by atoms with Gasteiger partial charge >= 0.3 is 0 Å². The number of pyridine rings is 1. The fourth-order valence-corrected chi connectivity index (χ4v) is 2.71. The van der Waals surface area contributed by atoms with Gasteiger partial charge in [-0.25, -0.2) is 26.6 Å². The van der Waals surface area contributed by atoms with E-state index in [0.29, 0.717) is 5.56 Å². The van der Waals surface area contributed by atoms with Crippen LogP contribution in [0.5, 0.6) is 0 Å². The maximum atomic E-state index is 13.5. The van der Waals surface area contributed by atoms with Crippen molar-refractivity contribution in [1.82, 2.24) is 4.98 Å². The second kappa shape index (κ2) is 5.70. The van der Waals surface area contributed by atoms with E-state index in [1.807, 2.05) is 4.72 Å². The molecular formula is C12H10F3N3O2S. The molecule has 112 valence electrons. The molecule has 0 aliphatic carbocycles. The van der Waals surface area contributed by atoms with Crippen LogP contribution in [0.15, 0.2) is 35.4 Å². The second-order valence-corrected chi connectivity index (χ2v) is 5.68. The highest BCUT2D eigenvalue weighted by Gasteiger charge is 2.25. The smallest absolute Gasteiger partial charge is 0.268 e. The van der Waals surface area contributed by atoms with Gasteiger partial charge < -0.3 is 5.73 Å². The van der Waals surface area contributed by atoms with Crippen molar-refractivity contribution in [2.75, 3.05) is 4.72 Å². The topological polar surface area (TPSA) is 85.1 Å². The average Bonchev–Trinajstić information content (AvgIpc) is 2.37. The van der Waals surface area contributed by atoms with Gasteiger partial charge in [0.1, 0.15) is 23.3 Å². The zero-order valence-electron chi connectivity index (χ0n) is 10.5. The number of anilines is 1. The molecular weight excluding hydrogens is 307 g/mol. The molecule has 1 heterocycles. The SMILES string of the molecule is NCc1ccc(NS(=O)(=O)c2c(F)cc(F)cc2F)nc1. The van der Waals surface area contributed by atoms with E-state index < -0.39 is 32.4 Å². The molecule has 0 unspecified atom stereocenters. The lowest BCUT2D eigenvalue weighted by Crippen LogP contribution is -2.17. The number of nitrogens with zero attached hydrogens (tertiary/aromatic N) is 1. The van der Waals surface area contributed by atoms with E-state index in [4.69, 9.17) is 5.73 Å². The third kappa shape index (κ3) is 3.31. The fourth-order valence-electron chi connectivity index (χ4n) is 1.58. The van der Waals surface area contributed by atoms with Crippen LogP contribution >= 0.6 is 0 Å².